The van der Waals surface area contributed by atoms with E-state index in [9.17, 15) is 22.8 Å². The molecule has 1 fully saturated rings. The summed E-state index contributed by atoms with van der Waals surface area (Å²) < 4.78 is 40.8. The first kappa shape index (κ1) is 19.2. The summed E-state index contributed by atoms with van der Waals surface area (Å²) in [6, 6.07) is 6.61. The molecule has 3 aromatic rings. The van der Waals surface area contributed by atoms with Crippen molar-refractivity contribution in [2.24, 2.45) is 0 Å². The number of hydrogen-bond acceptors (Lipinski definition) is 2. The molecule has 0 spiro atoms. The van der Waals surface area contributed by atoms with E-state index in [4.69, 9.17) is 0 Å². The Morgan fingerprint density at radius 3 is 2.52 bits per heavy atom. The van der Waals surface area contributed by atoms with E-state index in [1.54, 1.807) is 6.92 Å². The predicted octanol–water partition coefficient (Wildman–Crippen LogP) is 4.24. The highest BCUT2D eigenvalue weighted by Crippen LogP contribution is 2.44. The summed E-state index contributed by atoms with van der Waals surface area (Å²) in [6.07, 6.45) is 1.54. The molecule has 0 bridgehead atoms. The van der Waals surface area contributed by atoms with Gasteiger partial charge in [-0.2, -0.15) is 0 Å². The van der Waals surface area contributed by atoms with Gasteiger partial charge in [0.2, 0.25) is 5.91 Å². The molecule has 1 saturated carbocycles. The predicted molar refractivity (Wildman–Crippen MR) is 103 cm³/mol. The van der Waals surface area contributed by atoms with Crippen molar-refractivity contribution < 1.29 is 18.0 Å². The number of amides is 1. The van der Waals surface area contributed by atoms with Gasteiger partial charge in [0.25, 0.3) is 5.56 Å². The molecular formula is C22H19F3N2O2. The maximum absolute atomic E-state index is 14.0. The van der Waals surface area contributed by atoms with Gasteiger partial charge < -0.3 is 10.3 Å². The average Bonchev–Trinajstić information content (AvgIpc) is 3.47. The summed E-state index contributed by atoms with van der Waals surface area (Å²) in [5.74, 6) is -2.22. The number of benzene rings is 2. The Morgan fingerprint density at radius 2 is 1.83 bits per heavy atom. The largest absolute Gasteiger partial charge is 0.349 e. The lowest BCUT2D eigenvalue weighted by molar-refractivity contribution is -0.121. The number of H-pyrrole nitrogens is 1. The van der Waals surface area contributed by atoms with Crippen molar-refractivity contribution in [3.05, 3.63) is 80.9 Å². The van der Waals surface area contributed by atoms with E-state index in [2.05, 4.69) is 10.3 Å². The van der Waals surface area contributed by atoms with Gasteiger partial charge in [-0.1, -0.05) is 6.07 Å². The Labute approximate surface area is 164 Å². The van der Waals surface area contributed by atoms with E-state index in [0.29, 0.717) is 22.0 Å². The maximum atomic E-state index is 14.0. The molecule has 7 heteroatoms. The number of carbonyl (C=O) groups excluding carboxylic acids is 1. The molecule has 2 N–H and O–H groups in total. The molecule has 0 aliphatic heterocycles. The van der Waals surface area contributed by atoms with E-state index < -0.39 is 29.4 Å². The average molecular weight is 400 g/mol. The van der Waals surface area contributed by atoms with Gasteiger partial charge >= 0.3 is 0 Å². The highest BCUT2D eigenvalue weighted by atomic mass is 19.1. The number of hydrogen-bond donors (Lipinski definition) is 2. The van der Waals surface area contributed by atoms with Crippen molar-refractivity contribution in [1.29, 1.82) is 0 Å². The van der Waals surface area contributed by atoms with Crippen LogP contribution in [0.15, 0.2) is 41.2 Å². The minimum Gasteiger partial charge on any atom is -0.349 e. The highest BCUT2D eigenvalue weighted by Gasteiger charge is 2.30. The number of pyridine rings is 1. The van der Waals surface area contributed by atoms with Crippen LogP contribution in [0, 0.1) is 17.5 Å². The fourth-order valence-electron chi connectivity index (χ4n) is 3.73. The summed E-state index contributed by atoms with van der Waals surface area (Å²) in [5, 5.41) is 3.25. The van der Waals surface area contributed by atoms with Gasteiger partial charge in [-0.05, 0) is 55.5 Å². The smallest absolute Gasteiger partial charge is 0.252 e. The number of fused-ring (bicyclic) bond motifs is 1. The lowest BCUT2D eigenvalue weighted by Crippen LogP contribution is -2.31. The van der Waals surface area contributed by atoms with Gasteiger partial charge in [0.15, 0.2) is 0 Å². The standard InChI is InChI=1S/C22H19F3N2O2/c1-11(15-6-4-14(24)9-18(15)25)26-20(28)10-17-21(12-2-3-12)16-8-13(23)5-7-19(16)27-22(17)29/h4-9,11-12H,2-3,10H2,1H3,(H,26,28)(H,27,29)/t11-/m0/s1. The summed E-state index contributed by atoms with van der Waals surface area (Å²) in [6.45, 7) is 1.58. The van der Waals surface area contributed by atoms with Crippen molar-refractivity contribution >= 4 is 16.8 Å². The van der Waals surface area contributed by atoms with Crippen LogP contribution in [-0.2, 0) is 11.2 Å². The summed E-state index contributed by atoms with van der Waals surface area (Å²) in [5.41, 5.74) is 1.30. The van der Waals surface area contributed by atoms with Crippen LogP contribution >= 0.6 is 0 Å². The van der Waals surface area contributed by atoms with E-state index in [0.717, 1.165) is 25.0 Å². The minimum atomic E-state index is -0.754. The van der Waals surface area contributed by atoms with Gasteiger partial charge in [-0.25, -0.2) is 13.2 Å². The lowest BCUT2D eigenvalue weighted by Gasteiger charge is -2.16. The number of aromatic amines is 1. The van der Waals surface area contributed by atoms with Crippen LogP contribution in [0.5, 0.6) is 0 Å². The number of carbonyl (C=O) groups is 1. The second kappa shape index (κ2) is 7.39. The third-order valence-electron chi connectivity index (χ3n) is 5.25. The summed E-state index contributed by atoms with van der Waals surface area (Å²) >= 11 is 0. The third-order valence-corrected chi connectivity index (χ3v) is 5.25. The van der Waals surface area contributed by atoms with Crippen LogP contribution < -0.4 is 10.9 Å². The van der Waals surface area contributed by atoms with E-state index >= 15 is 0 Å². The molecule has 150 valence electrons. The van der Waals surface area contributed by atoms with Crippen LogP contribution in [0.3, 0.4) is 0 Å². The Morgan fingerprint density at radius 1 is 1.14 bits per heavy atom. The first-order chi connectivity index (χ1) is 13.8. The van der Waals surface area contributed by atoms with Crippen LogP contribution in [0.25, 0.3) is 10.9 Å². The quantitative estimate of drug-likeness (QED) is 0.673. The van der Waals surface area contributed by atoms with Gasteiger partial charge in [0.05, 0.1) is 12.5 Å². The number of rotatable bonds is 5. The maximum Gasteiger partial charge on any atom is 0.252 e. The molecule has 4 rings (SSSR count). The van der Waals surface area contributed by atoms with Gasteiger partial charge in [-0.3, -0.25) is 9.59 Å². The van der Waals surface area contributed by atoms with Gasteiger partial charge in [0.1, 0.15) is 17.5 Å². The van der Waals surface area contributed by atoms with Crippen molar-refractivity contribution in [2.75, 3.05) is 0 Å². The molecule has 1 aliphatic rings. The van der Waals surface area contributed by atoms with Crippen molar-refractivity contribution in [1.82, 2.24) is 10.3 Å². The molecule has 1 atom stereocenters. The molecule has 29 heavy (non-hydrogen) atoms. The lowest BCUT2D eigenvalue weighted by atomic mass is 9.96. The molecule has 0 radical (unpaired) electrons. The zero-order chi connectivity index (χ0) is 20.7. The Kier molecular flexibility index (Phi) is 4.90. The normalized spacial score (nSPS) is 14.8. The van der Waals surface area contributed by atoms with E-state index in [-0.39, 0.29) is 23.5 Å². The minimum absolute atomic E-state index is 0.122. The monoisotopic (exact) mass is 400 g/mol. The molecule has 1 amide bonds. The SMILES string of the molecule is C[C@H](NC(=O)Cc1c(C2CC2)c2cc(F)ccc2[nH]c1=O)c1ccc(F)cc1F. The third kappa shape index (κ3) is 3.90. The Bertz CT molecular complexity index is 1170. The summed E-state index contributed by atoms with van der Waals surface area (Å²) in [4.78, 5) is 27.9. The Hall–Kier alpha value is -3.09. The zero-order valence-electron chi connectivity index (χ0n) is 15.7. The fourth-order valence-corrected chi connectivity index (χ4v) is 3.73. The summed E-state index contributed by atoms with van der Waals surface area (Å²) in [7, 11) is 0. The molecule has 2 aromatic carbocycles. The van der Waals surface area contributed by atoms with Crippen LogP contribution in [0.2, 0.25) is 0 Å². The van der Waals surface area contributed by atoms with Crippen molar-refractivity contribution in [2.45, 2.75) is 38.1 Å². The first-order valence-electron chi connectivity index (χ1n) is 9.42. The fraction of sp³-hybridized carbons (Fsp3) is 0.273. The molecule has 0 unspecified atom stereocenters. The number of nitrogens with one attached hydrogen (secondary N) is 2. The van der Waals surface area contributed by atoms with Crippen LogP contribution in [0.4, 0.5) is 13.2 Å². The van der Waals surface area contributed by atoms with E-state index in [1.165, 1.54) is 24.3 Å². The number of aromatic nitrogens is 1. The second-order valence-corrected chi connectivity index (χ2v) is 7.44. The molecule has 1 aliphatic carbocycles. The van der Waals surface area contributed by atoms with Crippen LogP contribution in [0.1, 0.15) is 48.4 Å². The van der Waals surface area contributed by atoms with Crippen molar-refractivity contribution in [3.63, 3.8) is 0 Å². The molecule has 0 saturated heterocycles. The first-order valence-corrected chi connectivity index (χ1v) is 9.42. The van der Waals surface area contributed by atoms with E-state index in [1.807, 2.05) is 0 Å². The molecule has 1 aromatic heterocycles. The van der Waals surface area contributed by atoms with Crippen LogP contribution in [-0.4, -0.2) is 10.9 Å². The zero-order valence-corrected chi connectivity index (χ0v) is 15.7. The second-order valence-electron chi connectivity index (χ2n) is 7.44. The molecular weight excluding hydrogens is 381 g/mol. The number of halogens is 3. The Balaban J connectivity index is 1.63. The van der Waals surface area contributed by atoms with Gasteiger partial charge in [-0.15, -0.1) is 0 Å². The van der Waals surface area contributed by atoms with Gasteiger partial charge in [0, 0.05) is 28.1 Å². The molecule has 1 heterocycles. The molecule has 4 nitrogen and oxygen atoms in total. The highest BCUT2D eigenvalue weighted by molar-refractivity contribution is 5.87. The topological polar surface area (TPSA) is 62.0 Å². The van der Waals surface area contributed by atoms with Crippen molar-refractivity contribution in [3.8, 4) is 0 Å².